The number of hydrogen-bond donors (Lipinski definition) is 0. The predicted octanol–water partition coefficient (Wildman–Crippen LogP) is 4.71. The van der Waals surface area contributed by atoms with Crippen LogP contribution >= 0.6 is 27.5 Å². The molecule has 0 fully saturated rings. The summed E-state index contributed by atoms with van der Waals surface area (Å²) in [4.78, 5) is 4.39. The van der Waals surface area contributed by atoms with Gasteiger partial charge in [0.15, 0.2) is 5.82 Å². The van der Waals surface area contributed by atoms with Gasteiger partial charge in [0, 0.05) is 22.5 Å². The Bertz CT molecular complexity index is 752. The van der Waals surface area contributed by atoms with Gasteiger partial charge in [-0.3, -0.25) is 4.57 Å². The van der Waals surface area contributed by atoms with Crippen molar-refractivity contribution in [3.8, 4) is 5.69 Å². The number of nitrogens with zero attached hydrogens (tertiary/aromatic N) is 2. The van der Waals surface area contributed by atoms with Gasteiger partial charge in [0.25, 0.3) is 0 Å². The molecule has 3 rings (SSSR count). The average molecular weight is 354 g/mol. The van der Waals surface area contributed by atoms with Gasteiger partial charge >= 0.3 is 0 Å². The van der Waals surface area contributed by atoms with E-state index in [1.165, 1.54) is 6.07 Å². The van der Waals surface area contributed by atoms with Crippen molar-refractivity contribution in [2.24, 2.45) is 0 Å². The molecule has 0 saturated carbocycles. The highest BCUT2D eigenvalue weighted by atomic mass is 79.9. The van der Waals surface area contributed by atoms with Crippen LogP contribution in [0, 0.1) is 5.82 Å². The molecule has 0 N–H and O–H groups in total. The molecule has 1 heterocycles. The van der Waals surface area contributed by atoms with Crippen molar-refractivity contribution in [3.63, 3.8) is 0 Å². The zero-order valence-electron chi connectivity index (χ0n) is 10.5. The molecule has 0 spiro atoms. The van der Waals surface area contributed by atoms with Crippen molar-refractivity contribution in [3.05, 3.63) is 58.6 Å². The molecule has 2 nitrogen and oxygen atoms in total. The Morgan fingerprint density at radius 1 is 1.15 bits per heavy atom. The van der Waals surface area contributed by atoms with E-state index in [0.29, 0.717) is 17.8 Å². The van der Waals surface area contributed by atoms with Crippen LogP contribution in [0.1, 0.15) is 5.82 Å². The van der Waals surface area contributed by atoms with E-state index >= 15 is 0 Å². The second-order valence-corrected chi connectivity index (χ2v) is 5.68. The van der Waals surface area contributed by atoms with Gasteiger partial charge < -0.3 is 0 Å². The van der Waals surface area contributed by atoms with Gasteiger partial charge in [-0.1, -0.05) is 22.0 Å². The number of alkyl halides is 1. The van der Waals surface area contributed by atoms with Crippen LogP contribution in [0.5, 0.6) is 0 Å². The Morgan fingerprint density at radius 3 is 2.60 bits per heavy atom. The highest BCUT2D eigenvalue weighted by Crippen LogP contribution is 2.25. The summed E-state index contributed by atoms with van der Waals surface area (Å²) in [5.41, 5.74) is 2.09. The molecule has 0 bridgehead atoms. The number of imidazole rings is 1. The number of fused-ring (bicyclic) bond motifs is 1. The van der Waals surface area contributed by atoms with Crippen LogP contribution < -0.4 is 0 Å². The first-order chi connectivity index (χ1) is 9.70. The third-order valence-electron chi connectivity index (χ3n) is 3.11. The Kier molecular flexibility index (Phi) is 3.76. The number of halogens is 3. The summed E-state index contributed by atoms with van der Waals surface area (Å²) in [6, 6.07) is 12.8. The molecule has 20 heavy (non-hydrogen) atoms. The quantitative estimate of drug-likeness (QED) is 0.624. The van der Waals surface area contributed by atoms with E-state index in [9.17, 15) is 4.39 Å². The van der Waals surface area contributed by atoms with Crippen LogP contribution in [0.4, 0.5) is 4.39 Å². The number of aryl methyl sites for hydroxylation is 1. The van der Waals surface area contributed by atoms with Crippen LogP contribution in [0.25, 0.3) is 16.7 Å². The van der Waals surface area contributed by atoms with Gasteiger partial charge in [-0.15, -0.1) is 11.6 Å². The molecule has 0 aliphatic carbocycles. The standard InChI is InChI=1S/C15H11BrClFN2/c16-10-4-6-11(7-5-10)20-13-3-1-2-12(18)15(13)19-14(20)8-9-17/h1-7H,8-9H2. The molecular weight excluding hydrogens is 343 g/mol. The summed E-state index contributed by atoms with van der Waals surface area (Å²) >= 11 is 9.25. The zero-order chi connectivity index (χ0) is 14.1. The van der Waals surface area contributed by atoms with Crippen LogP contribution in [0.3, 0.4) is 0 Å². The summed E-state index contributed by atoms with van der Waals surface area (Å²) in [5, 5.41) is 0. The van der Waals surface area contributed by atoms with Gasteiger partial charge in [0.2, 0.25) is 0 Å². The molecule has 0 atom stereocenters. The molecule has 102 valence electrons. The lowest BCUT2D eigenvalue weighted by Gasteiger charge is -2.08. The first-order valence-electron chi connectivity index (χ1n) is 6.18. The van der Waals surface area contributed by atoms with E-state index in [2.05, 4.69) is 20.9 Å². The van der Waals surface area contributed by atoms with Gasteiger partial charge in [0.1, 0.15) is 11.3 Å². The maximum absolute atomic E-state index is 13.9. The van der Waals surface area contributed by atoms with E-state index in [1.807, 2.05) is 34.9 Å². The second-order valence-electron chi connectivity index (χ2n) is 4.39. The monoisotopic (exact) mass is 352 g/mol. The third-order valence-corrected chi connectivity index (χ3v) is 3.83. The minimum atomic E-state index is -0.311. The fourth-order valence-corrected chi connectivity index (χ4v) is 2.68. The maximum Gasteiger partial charge on any atom is 0.151 e. The van der Waals surface area contributed by atoms with Crippen molar-refractivity contribution in [2.75, 3.05) is 5.88 Å². The SMILES string of the molecule is Fc1cccc2c1nc(CCCl)n2-c1ccc(Br)cc1. The molecule has 0 saturated heterocycles. The topological polar surface area (TPSA) is 17.8 Å². The number of rotatable bonds is 3. The van der Waals surface area contributed by atoms with E-state index in [0.717, 1.165) is 21.5 Å². The molecule has 0 radical (unpaired) electrons. The molecule has 2 aromatic carbocycles. The molecule has 1 aromatic heterocycles. The van der Waals surface area contributed by atoms with Crippen molar-refractivity contribution in [1.82, 2.24) is 9.55 Å². The number of aromatic nitrogens is 2. The van der Waals surface area contributed by atoms with E-state index in [-0.39, 0.29) is 5.82 Å². The summed E-state index contributed by atoms with van der Waals surface area (Å²) < 4.78 is 16.8. The molecule has 0 unspecified atom stereocenters. The molecule has 5 heteroatoms. The van der Waals surface area contributed by atoms with Crippen molar-refractivity contribution >= 4 is 38.6 Å². The summed E-state index contributed by atoms with van der Waals surface area (Å²) in [6.45, 7) is 0. The van der Waals surface area contributed by atoms with Crippen LogP contribution in [0.2, 0.25) is 0 Å². The van der Waals surface area contributed by atoms with Crippen LogP contribution in [-0.4, -0.2) is 15.4 Å². The number of benzene rings is 2. The first-order valence-corrected chi connectivity index (χ1v) is 7.51. The minimum absolute atomic E-state index is 0.311. The Morgan fingerprint density at radius 2 is 1.90 bits per heavy atom. The van der Waals surface area contributed by atoms with Gasteiger partial charge in [-0.05, 0) is 36.4 Å². The largest absolute Gasteiger partial charge is 0.296 e. The van der Waals surface area contributed by atoms with Crippen molar-refractivity contribution < 1.29 is 4.39 Å². The maximum atomic E-state index is 13.9. The van der Waals surface area contributed by atoms with Gasteiger partial charge in [-0.2, -0.15) is 0 Å². The summed E-state index contributed by atoms with van der Waals surface area (Å²) in [5.74, 6) is 0.901. The number of para-hydroxylation sites is 1. The van der Waals surface area contributed by atoms with E-state index < -0.39 is 0 Å². The molecular formula is C15H11BrClFN2. The van der Waals surface area contributed by atoms with Crippen molar-refractivity contribution in [2.45, 2.75) is 6.42 Å². The Labute approximate surface area is 129 Å². The summed E-state index contributed by atoms with van der Waals surface area (Å²) in [6.07, 6.45) is 0.589. The van der Waals surface area contributed by atoms with Crippen molar-refractivity contribution in [1.29, 1.82) is 0 Å². The fourth-order valence-electron chi connectivity index (χ4n) is 2.24. The van der Waals surface area contributed by atoms with E-state index in [4.69, 9.17) is 11.6 Å². The van der Waals surface area contributed by atoms with Crippen LogP contribution in [0.15, 0.2) is 46.9 Å². The Balaban J connectivity index is 2.28. The smallest absolute Gasteiger partial charge is 0.151 e. The minimum Gasteiger partial charge on any atom is -0.296 e. The normalized spacial score (nSPS) is 11.2. The zero-order valence-corrected chi connectivity index (χ0v) is 12.8. The van der Waals surface area contributed by atoms with Crippen LogP contribution in [-0.2, 0) is 6.42 Å². The average Bonchev–Trinajstić information content (AvgIpc) is 2.80. The lowest BCUT2D eigenvalue weighted by Crippen LogP contribution is -2.01. The molecule has 0 amide bonds. The third kappa shape index (κ3) is 2.34. The van der Waals surface area contributed by atoms with Gasteiger partial charge in [-0.25, -0.2) is 9.37 Å². The van der Waals surface area contributed by atoms with Gasteiger partial charge in [0.05, 0.1) is 5.52 Å². The predicted molar refractivity (Wildman–Crippen MR) is 83.2 cm³/mol. The first kappa shape index (κ1) is 13.6. The van der Waals surface area contributed by atoms with E-state index in [1.54, 1.807) is 6.07 Å². The Hall–Kier alpha value is -1.39. The summed E-state index contributed by atoms with van der Waals surface area (Å²) in [7, 11) is 0. The highest BCUT2D eigenvalue weighted by Gasteiger charge is 2.14. The molecule has 3 aromatic rings. The lowest BCUT2D eigenvalue weighted by atomic mass is 10.2. The second kappa shape index (κ2) is 5.54. The highest BCUT2D eigenvalue weighted by molar-refractivity contribution is 9.10. The number of hydrogen-bond acceptors (Lipinski definition) is 1. The molecule has 0 aliphatic rings. The molecule has 0 aliphatic heterocycles. The fraction of sp³-hybridized carbons (Fsp3) is 0.133. The lowest BCUT2D eigenvalue weighted by molar-refractivity contribution is 0.637.